The van der Waals surface area contributed by atoms with Crippen LogP contribution in [0, 0.1) is 0 Å². The molecule has 0 spiro atoms. The highest BCUT2D eigenvalue weighted by molar-refractivity contribution is 6.06. The number of rotatable bonds is 10. The van der Waals surface area contributed by atoms with Gasteiger partial charge in [-0.2, -0.15) is 0 Å². The van der Waals surface area contributed by atoms with Crippen LogP contribution in [0.2, 0.25) is 0 Å². The summed E-state index contributed by atoms with van der Waals surface area (Å²) in [5, 5.41) is 0. The van der Waals surface area contributed by atoms with Gasteiger partial charge in [0.1, 0.15) is 11.5 Å². The monoisotopic (exact) mass is 526 g/mol. The van der Waals surface area contributed by atoms with Crippen LogP contribution in [0.5, 0.6) is 11.5 Å². The normalized spacial score (nSPS) is 10.9. The summed E-state index contributed by atoms with van der Waals surface area (Å²) >= 11 is 0. The second-order valence-corrected chi connectivity index (χ2v) is 9.40. The first kappa shape index (κ1) is 26.3. The minimum atomic E-state index is 0.00120. The molecule has 0 saturated carbocycles. The Morgan fingerprint density at radius 1 is 0.625 bits per heavy atom. The van der Waals surface area contributed by atoms with Crippen LogP contribution < -0.4 is 20.9 Å². The van der Waals surface area contributed by atoms with E-state index < -0.39 is 0 Å². The molecule has 0 saturated heterocycles. The highest BCUT2D eigenvalue weighted by Gasteiger charge is 2.04. The van der Waals surface area contributed by atoms with Gasteiger partial charge in [-0.15, -0.1) is 0 Å². The number of carbonyl (C=O) groups is 1. The number of hydrogen-bond donors (Lipinski definition) is 2. The third kappa shape index (κ3) is 6.97. The maximum Gasteiger partial charge on any atom is 0.230 e. The number of hydrogen-bond acceptors (Lipinski definition) is 5. The van der Waals surface area contributed by atoms with Crippen molar-refractivity contribution in [2.75, 3.05) is 18.3 Å². The van der Waals surface area contributed by atoms with Crippen molar-refractivity contribution in [3.05, 3.63) is 150 Å². The highest BCUT2D eigenvalue weighted by Crippen LogP contribution is 2.25. The number of nitrogens with two attached hydrogens (primary N) is 2. The maximum atomic E-state index is 12.3. The van der Waals surface area contributed by atoms with E-state index in [0.717, 1.165) is 23.1 Å². The van der Waals surface area contributed by atoms with Gasteiger partial charge in [-0.05, 0) is 64.6 Å². The van der Waals surface area contributed by atoms with Crippen molar-refractivity contribution >= 4 is 23.2 Å². The number of nitrogen functional groups attached to an aromatic ring is 2. The molecular formula is C35H30N2O3. The van der Waals surface area contributed by atoms with E-state index in [-0.39, 0.29) is 12.6 Å². The summed E-state index contributed by atoms with van der Waals surface area (Å²) < 4.78 is 11.3. The quantitative estimate of drug-likeness (QED) is 0.0856. The Hall–Kier alpha value is -5.29. The predicted molar refractivity (Wildman–Crippen MR) is 162 cm³/mol. The van der Waals surface area contributed by atoms with Gasteiger partial charge < -0.3 is 20.9 Å². The molecule has 0 fully saturated rings. The largest absolute Gasteiger partial charge is 0.458 e. The fourth-order valence-electron chi connectivity index (χ4n) is 4.22. The molecule has 5 rings (SSSR count). The van der Waals surface area contributed by atoms with Crippen molar-refractivity contribution in [3.8, 4) is 22.6 Å². The summed E-state index contributed by atoms with van der Waals surface area (Å²) in [5.41, 5.74) is 18.9. The molecule has 0 aromatic heterocycles. The summed E-state index contributed by atoms with van der Waals surface area (Å²) in [5.74, 6) is 1.32. The van der Waals surface area contributed by atoms with Crippen LogP contribution in [0.15, 0.2) is 127 Å². The summed E-state index contributed by atoms with van der Waals surface area (Å²) in [6.45, 7) is 0.0699. The zero-order valence-corrected chi connectivity index (χ0v) is 22.0. The number of ketones is 1. The molecule has 0 amide bonds. The molecule has 40 heavy (non-hydrogen) atoms. The molecule has 0 atom stereocenters. The first-order chi connectivity index (χ1) is 19.5. The van der Waals surface area contributed by atoms with E-state index in [1.54, 1.807) is 24.3 Å². The standard InChI is InChI=1S/C35H30N2O3/c36-33-20-19-32(23-34(33)37)40-24-39-31-17-15-29(16-18-31)28-13-10-27(11-14-28)22-26-8-6-25(7-9-26)12-21-35(38)30-4-2-1-3-5-30/h1-21,23H,22,24,36-37H2/b21-12+. The zero-order chi connectivity index (χ0) is 27.7. The maximum absolute atomic E-state index is 12.3. The number of ether oxygens (including phenoxy) is 2. The second-order valence-electron chi connectivity index (χ2n) is 9.40. The van der Waals surface area contributed by atoms with Gasteiger partial charge in [-0.25, -0.2) is 0 Å². The van der Waals surface area contributed by atoms with Gasteiger partial charge in [-0.1, -0.05) is 97.1 Å². The van der Waals surface area contributed by atoms with Gasteiger partial charge in [0.15, 0.2) is 5.78 Å². The van der Waals surface area contributed by atoms with E-state index in [2.05, 4.69) is 36.4 Å². The van der Waals surface area contributed by atoms with E-state index in [9.17, 15) is 4.79 Å². The van der Waals surface area contributed by atoms with Gasteiger partial charge in [0.05, 0.1) is 11.4 Å². The molecule has 5 aromatic carbocycles. The molecule has 5 aromatic rings. The number of carbonyl (C=O) groups excluding carboxylic acids is 1. The SMILES string of the molecule is Nc1ccc(OCOc2ccc(-c3ccc(Cc4ccc(/C=C/C(=O)c5ccccc5)cc4)cc3)cc2)cc1N. The number of allylic oxidation sites excluding steroid dienone is 1. The van der Waals surface area contributed by atoms with E-state index >= 15 is 0 Å². The predicted octanol–water partition coefficient (Wildman–Crippen LogP) is 7.42. The Balaban J connectivity index is 1.12. The van der Waals surface area contributed by atoms with E-state index in [1.807, 2.05) is 72.8 Å². The van der Waals surface area contributed by atoms with Crippen LogP contribution in [0.4, 0.5) is 11.4 Å². The summed E-state index contributed by atoms with van der Waals surface area (Å²) in [6.07, 6.45) is 4.31. The lowest BCUT2D eigenvalue weighted by atomic mass is 9.99. The van der Waals surface area contributed by atoms with E-state index in [1.165, 1.54) is 11.1 Å². The third-order valence-corrected chi connectivity index (χ3v) is 6.52. The minimum absolute atomic E-state index is 0.00120. The molecule has 198 valence electrons. The number of anilines is 2. The molecule has 0 heterocycles. The zero-order valence-electron chi connectivity index (χ0n) is 22.0. The fraction of sp³-hybridized carbons (Fsp3) is 0.0571. The molecule has 0 radical (unpaired) electrons. The van der Waals surface area contributed by atoms with Gasteiger partial charge in [-0.3, -0.25) is 4.79 Å². The van der Waals surface area contributed by atoms with Crippen LogP contribution in [0.1, 0.15) is 27.0 Å². The minimum Gasteiger partial charge on any atom is -0.458 e. The summed E-state index contributed by atoms with van der Waals surface area (Å²) in [4.78, 5) is 12.3. The number of benzene rings is 5. The van der Waals surface area contributed by atoms with Crippen molar-refractivity contribution in [1.82, 2.24) is 0 Å². The Bertz CT molecular complexity index is 1590. The van der Waals surface area contributed by atoms with Gasteiger partial charge in [0, 0.05) is 11.6 Å². The smallest absolute Gasteiger partial charge is 0.230 e. The lowest BCUT2D eigenvalue weighted by Gasteiger charge is -2.10. The Labute approximate surface area is 234 Å². The van der Waals surface area contributed by atoms with Crippen LogP contribution in [-0.2, 0) is 6.42 Å². The summed E-state index contributed by atoms with van der Waals surface area (Å²) in [6, 6.07) is 39.2. The van der Waals surface area contributed by atoms with Crippen molar-refractivity contribution in [2.45, 2.75) is 6.42 Å². The second kappa shape index (κ2) is 12.5. The van der Waals surface area contributed by atoms with Gasteiger partial charge >= 0.3 is 0 Å². The molecule has 0 bridgehead atoms. The van der Waals surface area contributed by atoms with Gasteiger partial charge in [0.25, 0.3) is 0 Å². The Morgan fingerprint density at radius 3 is 1.85 bits per heavy atom. The molecular weight excluding hydrogens is 496 g/mol. The first-order valence-corrected chi connectivity index (χ1v) is 13.0. The average Bonchev–Trinajstić information content (AvgIpc) is 3.00. The van der Waals surface area contributed by atoms with Crippen molar-refractivity contribution in [1.29, 1.82) is 0 Å². The highest BCUT2D eigenvalue weighted by atomic mass is 16.7. The van der Waals surface area contributed by atoms with Crippen molar-refractivity contribution < 1.29 is 14.3 Å². The molecule has 0 aliphatic carbocycles. The summed E-state index contributed by atoms with van der Waals surface area (Å²) in [7, 11) is 0. The molecule has 0 unspecified atom stereocenters. The van der Waals surface area contributed by atoms with Crippen LogP contribution in [0.25, 0.3) is 17.2 Å². The van der Waals surface area contributed by atoms with Crippen LogP contribution >= 0.6 is 0 Å². The Kier molecular flexibility index (Phi) is 8.23. The topological polar surface area (TPSA) is 87.6 Å². The lowest BCUT2D eigenvalue weighted by molar-refractivity contribution is 0.104. The van der Waals surface area contributed by atoms with Crippen molar-refractivity contribution in [2.24, 2.45) is 0 Å². The molecule has 5 nitrogen and oxygen atoms in total. The Morgan fingerprint density at radius 2 is 1.20 bits per heavy atom. The fourth-order valence-corrected chi connectivity index (χ4v) is 4.22. The average molecular weight is 527 g/mol. The molecule has 5 heteroatoms. The van der Waals surface area contributed by atoms with E-state index in [4.69, 9.17) is 20.9 Å². The van der Waals surface area contributed by atoms with E-state index in [0.29, 0.717) is 28.4 Å². The molecule has 4 N–H and O–H groups in total. The third-order valence-electron chi connectivity index (χ3n) is 6.52. The van der Waals surface area contributed by atoms with Crippen LogP contribution in [-0.4, -0.2) is 12.6 Å². The lowest BCUT2D eigenvalue weighted by Crippen LogP contribution is -2.06. The molecule has 0 aliphatic rings. The molecule has 0 aliphatic heterocycles. The van der Waals surface area contributed by atoms with Crippen molar-refractivity contribution in [3.63, 3.8) is 0 Å². The van der Waals surface area contributed by atoms with Gasteiger partial charge in [0.2, 0.25) is 6.79 Å². The van der Waals surface area contributed by atoms with Crippen LogP contribution in [0.3, 0.4) is 0 Å². The first-order valence-electron chi connectivity index (χ1n) is 13.0.